The third kappa shape index (κ3) is 6.14. The van der Waals surface area contributed by atoms with Gasteiger partial charge >= 0.3 is 0 Å². The Bertz CT molecular complexity index is 1250. The summed E-state index contributed by atoms with van der Waals surface area (Å²) in [5.74, 6) is 0.610. The van der Waals surface area contributed by atoms with Gasteiger partial charge in [-0.25, -0.2) is 4.98 Å². The molecule has 8 heteroatoms. The minimum Gasteiger partial charge on any atom is -0.376 e. The van der Waals surface area contributed by atoms with Crippen LogP contribution in [0.2, 0.25) is 0 Å². The third-order valence-electron chi connectivity index (χ3n) is 6.47. The monoisotopic (exact) mass is 474 g/mol. The van der Waals surface area contributed by atoms with Crippen molar-refractivity contribution in [2.75, 3.05) is 12.4 Å². The van der Waals surface area contributed by atoms with Gasteiger partial charge in [-0.2, -0.15) is 0 Å². The largest absolute Gasteiger partial charge is 0.376 e. The van der Waals surface area contributed by atoms with Crippen molar-refractivity contribution < 1.29 is 4.79 Å². The number of H-pyrrole nitrogens is 1. The van der Waals surface area contributed by atoms with Crippen molar-refractivity contribution in [1.82, 2.24) is 24.8 Å². The smallest absolute Gasteiger partial charge is 0.277 e. The van der Waals surface area contributed by atoms with Crippen molar-refractivity contribution in [3.8, 4) is 0 Å². The zero-order valence-corrected chi connectivity index (χ0v) is 20.5. The number of hydrogen-bond acceptors (Lipinski definition) is 6. The highest BCUT2D eigenvalue weighted by Crippen LogP contribution is 2.24. The molecule has 4 heterocycles. The zero-order chi connectivity index (χ0) is 24.6. The standard InChI is InChI=1S/C18H23N3O2.C9H11N3/c1-13-19-16-10-9-15(8-7-14-5-3-2-4-6-14)20-17(16)18(23)21(13)11-12-22;1-10-6-8-4-7-5-11-3-2-9(7)12-8/h3,5-6,12,15,20H,2,4,7-11H2,1H3;2-5,10,12H,6H2,1H3. The minimum atomic E-state index is -0.124. The number of pyridine rings is 1. The lowest BCUT2D eigenvalue weighted by molar-refractivity contribution is -0.108. The van der Waals surface area contributed by atoms with Gasteiger partial charge in [0.15, 0.2) is 0 Å². The predicted octanol–water partition coefficient (Wildman–Crippen LogP) is 3.82. The van der Waals surface area contributed by atoms with E-state index in [2.05, 4.69) is 49.9 Å². The van der Waals surface area contributed by atoms with Crippen molar-refractivity contribution in [3.05, 3.63) is 75.9 Å². The number of nitrogens with zero attached hydrogens (tertiary/aromatic N) is 3. The van der Waals surface area contributed by atoms with Crippen LogP contribution in [0.1, 0.15) is 49.3 Å². The Kier molecular flexibility index (Phi) is 8.26. The van der Waals surface area contributed by atoms with Crippen LogP contribution in [-0.2, 0) is 24.3 Å². The van der Waals surface area contributed by atoms with Crippen LogP contribution in [-0.4, -0.2) is 38.9 Å². The van der Waals surface area contributed by atoms with Crippen LogP contribution >= 0.6 is 0 Å². The molecule has 0 radical (unpaired) electrons. The van der Waals surface area contributed by atoms with Crippen molar-refractivity contribution in [3.63, 3.8) is 0 Å². The van der Waals surface area contributed by atoms with E-state index < -0.39 is 0 Å². The van der Waals surface area contributed by atoms with Crippen LogP contribution in [0.5, 0.6) is 0 Å². The zero-order valence-electron chi connectivity index (χ0n) is 20.5. The molecule has 35 heavy (non-hydrogen) atoms. The first-order valence-corrected chi connectivity index (χ1v) is 12.3. The molecule has 184 valence electrons. The van der Waals surface area contributed by atoms with Crippen LogP contribution in [0.4, 0.5) is 5.69 Å². The van der Waals surface area contributed by atoms with E-state index >= 15 is 0 Å². The summed E-state index contributed by atoms with van der Waals surface area (Å²) < 4.78 is 1.44. The Hall–Kier alpha value is -3.52. The molecule has 0 fully saturated rings. The highest BCUT2D eigenvalue weighted by Gasteiger charge is 2.23. The average Bonchev–Trinajstić information content (AvgIpc) is 3.29. The minimum absolute atomic E-state index is 0.0645. The van der Waals surface area contributed by atoms with Crippen LogP contribution in [0, 0.1) is 6.92 Å². The molecular weight excluding hydrogens is 440 g/mol. The molecule has 3 aromatic heterocycles. The van der Waals surface area contributed by atoms with Crippen molar-refractivity contribution in [2.24, 2.45) is 0 Å². The second-order valence-electron chi connectivity index (χ2n) is 9.03. The first-order valence-electron chi connectivity index (χ1n) is 12.3. The van der Waals surface area contributed by atoms with Gasteiger partial charge in [0.25, 0.3) is 5.56 Å². The van der Waals surface area contributed by atoms with Crippen LogP contribution in [0.25, 0.3) is 10.9 Å². The molecule has 2 aliphatic rings. The van der Waals surface area contributed by atoms with Gasteiger partial charge in [-0.15, -0.1) is 0 Å². The van der Waals surface area contributed by atoms with Gasteiger partial charge in [-0.3, -0.25) is 14.3 Å². The number of anilines is 1. The second kappa shape index (κ2) is 11.8. The van der Waals surface area contributed by atoms with Gasteiger partial charge in [0.05, 0.1) is 12.2 Å². The van der Waals surface area contributed by atoms with Crippen LogP contribution in [0.15, 0.2) is 53.1 Å². The fourth-order valence-corrected chi connectivity index (χ4v) is 4.65. The lowest BCUT2D eigenvalue weighted by Crippen LogP contribution is -2.35. The molecule has 0 saturated carbocycles. The Balaban J connectivity index is 0.000000201. The summed E-state index contributed by atoms with van der Waals surface area (Å²) in [4.78, 5) is 35.2. The highest BCUT2D eigenvalue weighted by molar-refractivity contribution is 5.79. The maximum atomic E-state index is 12.6. The van der Waals surface area contributed by atoms with E-state index in [4.69, 9.17) is 0 Å². The number of allylic oxidation sites excluding steroid dienone is 4. The molecule has 1 atom stereocenters. The predicted molar refractivity (Wildman–Crippen MR) is 140 cm³/mol. The van der Waals surface area contributed by atoms with E-state index in [-0.39, 0.29) is 12.1 Å². The molecule has 5 rings (SSSR count). The molecule has 0 aromatic carbocycles. The Labute approximate surface area is 205 Å². The first kappa shape index (κ1) is 24.6. The Morgan fingerprint density at radius 3 is 2.94 bits per heavy atom. The number of fused-ring (bicyclic) bond motifs is 2. The van der Waals surface area contributed by atoms with Gasteiger partial charge in [-0.1, -0.05) is 23.8 Å². The molecule has 1 aliphatic heterocycles. The van der Waals surface area contributed by atoms with Gasteiger partial charge in [0, 0.05) is 41.6 Å². The van der Waals surface area contributed by atoms with Crippen molar-refractivity contribution in [2.45, 2.75) is 64.6 Å². The summed E-state index contributed by atoms with van der Waals surface area (Å²) in [6, 6.07) is 4.38. The molecular formula is C27H34N6O2. The van der Waals surface area contributed by atoms with Crippen LogP contribution in [0.3, 0.4) is 0 Å². The van der Waals surface area contributed by atoms with E-state index in [0.29, 0.717) is 17.6 Å². The quantitative estimate of drug-likeness (QED) is 0.450. The number of hydrogen-bond donors (Lipinski definition) is 3. The van der Waals surface area contributed by atoms with Gasteiger partial charge in [-0.05, 0) is 64.6 Å². The molecule has 0 saturated heterocycles. The SMILES string of the molecule is CNCc1cc2cnccc2[nH]1.Cc1nc2c(c(=O)n1CC=O)NC(CCC1=CCCC=C1)CC2. The van der Waals surface area contributed by atoms with Crippen molar-refractivity contribution >= 4 is 22.9 Å². The van der Waals surface area contributed by atoms with Gasteiger partial charge in [0.1, 0.15) is 17.8 Å². The topological polar surface area (TPSA) is 105 Å². The number of aryl methyl sites for hydroxylation is 2. The highest BCUT2D eigenvalue weighted by atomic mass is 16.1. The summed E-state index contributed by atoms with van der Waals surface area (Å²) in [6.07, 6.45) is 17.3. The fourth-order valence-electron chi connectivity index (χ4n) is 4.65. The van der Waals surface area contributed by atoms with E-state index in [0.717, 1.165) is 62.6 Å². The van der Waals surface area contributed by atoms with Crippen molar-refractivity contribution in [1.29, 1.82) is 0 Å². The maximum absolute atomic E-state index is 12.6. The summed E-state index contributed by atoms with van der Waals surface area (Å²) in [6.45, 7) is 2.71. The second-order valence-corrected chi connectivity index (χ2v) is 9.03. The number of rotatable bonds is 7. The van der Waals surface area contributed by atoms with Gasteiger partial charge in [0.2, 0.25) is 0 Å². The molecule has 3 aromatic rings. The number of nitrogens with one attached hydrogen (secondary N) is 3. The molecule has 0 bridgehead atoms. The van der Waals surface area contributed by atoms with E-state index in [1.165, 1.54) is 21.2 Å². The summed E-state index contributed by atoms with van der Waals surface area (Å²) in [5.41, 5.74) is 5.03. The summed E-state index contributed by atoms with van der Waals surface area (Å²) in [7, 11) is 1.93. The number of carbonyl (C=O) groups is 1. The molecule has 1 unspecified atom stereocenters. The molecule has 3 N–H and O–H groups in total. The average molecular weight is 475 g/mol. The molecule has 0 spiro atoms. The molecule has 0 amide bonds. The van der Waals surface area contributed by atoms with Gasteiger partial charge < -0.3 is 20.4 Å². The number of carbonyl (C=O) groups excluding carboxylic acids is 1. The van der Waals surface area contributed by atoms with E-state index in [1.54, 1.807) is 13.1 Å². The summed E-state index contributed by atoms with van der Waals surface area (Å²) >= 11 is 0. The van der Waals surface area contributed by atoms with E-state index in [1.807, 2.05) is 19.3 Å². The number of aldehydes is 1. The normalized spacial score (nSPS) is 16.6. The number of aromatic nitrogens is 4. The third-order valence-corrected chi connectivity index (χ3v) is 6.47. The number of aromatic amines is 1. The lowest BCUT2D eigenvalue weighted by atomic mass is 9.95. The summed E-state index contributed by atoms with van der Waals surface area (Å²) in [5, 5.41) is 7.63. The first-order chi connectivity index (χ1) is 17.1. The Morgan fingerprint density at radius 1 is 1.31 bits per heavy atom. The maximum Gasteiger partial charge on any atom is 0.277 e. The molecule has 8 nitrogen and oxygen atoms in total. The molecule has 1 aliphatic carbocycles. The Morgan fingerprint density at radius 2 is 2.20 bits per heavy atom. The van der Waals surface area contributed by atoms with E-state index in [9.17, 15) is 9.59 Å². The fraction of sp³-hybridized carbons (Fsp3) is 0.407. The lowest BCUT2D eigenvalue weighted by Gasteiger charge is -2.27. The van der Waals surface area contributed by atoms with Crippen LogP contribution < -0.4 is 16.2 Å².